The molecule has 1 atom stereocenters. The third kappa shape index (κ3) is 2.62. The first kappa shape index (κ1) is 13.3. The highest BCUT2D eigenvalue weighted by atomic mass is 35.5. The molecular formula is C15H16ClN3O. The van der Waals surface area contributed by atoms with Gasteiger partial charge in [0, 0.05) is 11.6 Å². The number of carbonyl (C=O) groups is 1. The zero-order valence-corrected chi connectivity index (χ0v) is 11.8. The van der Waals surface area contributed by atoms with E-state index < -0.39 is 0 Å². The zero-order chi connectivity index (χ0) is 13.9. The van der Waals surface area contributed by atoms with Gasteiger partial charge in [0.05, 0.1) is 22.3 Å². The van der Waals surface area contributed by atoms with Gasteiger partial charge in [-0.2, -0.15) is 0 Å². The number of nitrogens with one attached hydrogen (secondary N) is 2. The number of pyridine rings is 1. The number of carbonyl (C=O) groups excluding carboxylic acids is 1. The first-order valence-corrected chi connectivity index (χ1v) is 7.21. The van der Waals surface area contributed by atoms with Crippen molar-refractivity contribution in [3.05, 3.63) is 35.5 Å². The molecule has 4 nitrogen and oxygen atoms in total. The van der Waals surface area contributed by atoms with Crippen molar-refractivity contribution in [1.82, 2.24) is 10.3 Å². The normalized spacial score (nSPS) is 18.9. The van der Waals surface area contributed by atoms with Gasteiger partial charge in [-0.15, -0.1) is 0 Å². The standard InChI is InChI=1S/C15H16ClN3O/c16-11-6-7-12(14-10(11)4-3-9-18-14)19-15(20)13-5-1-2-8-17-13/h3-4,6-7,9,13,17H,1-2,5,8H2,(H,19,20)/t13-/m0/s1. The van der Waals surface area contributed by atoms with E-state index in [0.29, 0.717) is 10.7 Å². The lowest BCUT2D eigenvalue weighted by Gasteiger charge is -2.22. The van der Waals surface area contributed by atoms with Crippen molar-refractivity contribution < 1.29 is 4.79 Å². The van der Waals surface area contributed by atoms with Gasteiger partial charge in [-0.1, -0.05) is 18.0 Å². The number of fused-ring (bicyclic) bond motifs is 1. The van der Waals surface area contributed by atoms with Crippen molar-refractivity contribution >= 4 is 34.1 Å². The van der Waals surface area contributed by atoms with Crippen molar-refractivity contribution in [3.63, 3.8) is 0 Å². The number of rotatable bonds is 2. The quantitative estimate of drug-likeness (QED) is 0.894. The van der Waals surface area contributed by atoms with E-state index in [4.69, 9.17) is 11.6 Å². The van der Waals surface area contributed by atoms with Crippen molar-refractivity contribution in [2.75, 3.05) is 11.9 Å². The van der Waals surface area contributed by atoms with Gasteiger partial charge >= 0.3 is 0 Å². The van der Waals surface area contributed by atoms with E-state index in [9.17, 15) is 4.79 Å². The summed E-state index contributed by atoms with van der Waals surface area (Å²) < 4.78 is 0. The molecule has 0 unspecified atom stereocenters. The van der Waals surface area contributed by atoms with Gasteiger partial charge in [0.25, 0.3) is 0 Å². The third-order valence-electron chi connectivity index (χ3n) is 3.60. The summed E-state index contributed by atoms with van der Waals surface area (Å²) in [6.45, 7) is 0.900. The number of amides is 1. The van der Waals surface area contributed by atoms with E-state index in [2.05, 4.69) is 15.6 Å². The first-order chi connectivity index (χ1) is 9.75. The fourth-order valence-electron chi connectivity index (χ4n) is 2.53. The monoisotopic (exact) mass is 289 g/mol. The molecule has 2 N–H and O–H groups in total. The Morgan fingerprint density at radius 3 is 3.05 bits per heavy atom. The average molecular weight is 290 g/mol. The number of hydrogen-bond acceptors (Lipinski definition) is 3. The number of nitrogens with zero attached hydrogens (tertiary/aromatic N) is 1. The number of aromatic nitrogens is 1. The molecule has 0 radical (unpaired) electrons. The summed E-state index contributed by atoms with van der Waals surface area (Å²) in [6.07, 6.45) is 4.80. The molecule has 1 amide bonds. The minimum Gasteiger partial charge on any atom is -0.323 e. The summed E-state index contributed by atoms with van der Waals surface area (Å²) in [4.78, 5) is 16.6. The van der Waals surface area contributed by atoms with Gasteiger partial charge < -0.3 is 10.6 Å². The largest absolute Gasteiger partial charge is 0.323 e. The molecule has 1 saturated heterocycles. The van der Waals surface area contributed by atoms with Crippen LogP contribution in [0.5, 0.6) is 0 Å². The Labute approximate surface area is 122 Å². The molecule has 0 aliphatic carbocycles. The Kier molecular flexibility index (Phi) is 3.85. The third-order valence-corrected chi connectivity index (χ3v) is 3.93. The molecule has 2 aromatic rings. The SMILES string of the molecule is O=C(Nc1ccc(Cl)c2cccnc12)[C@@H]1CCCCN1. The summed E-state index contributed by atoms with van der Waals surface area (Å²) in [5.41, 5.74) is 1.44. The second-order valence-electron chi connectivity index (χ2n) is 4.99. The van der Waals surface area contributed by atoms with Gasteiger partial charge in [-0.3, -0.25) is 9.78 Å². The highest BCUT2D eigenvalue weighted by Crippen LogP contribution is 2.28. The predicted octanol–water partition coefficient (Wildman–Crippen LogP) is 2.97. The summed E-state index contributed by atoms with van der Waals surface area (Å²) >= 11 is 6.15. The number of anilines is 1. The Morgan fingerprint density at radius 2 is 2.25 bits per heavy atom. The van der Waals surface area contributed by atoms with Gasteiger partial charge in [0.2, 0.25) is 5.91 Å². The zero-order valence-electron chi connectivity index (χ0n) is 11.0. The molecule has 1 aliphatic rings. The molecule has 2 heterocycles. The lowest BCUT2D eigenvalue weighted by Crippen LogP contribution is -2.43. The fraction of sp³-hybridized carbons (Fsp3) is 0.333. The molecule has 20 heavy (non-hydrogen) atoms. The Morgan fingerprint density at radius 1 is 1.35 bits per heavy atom. The molecular weight excluding hydrogens is 274 g/mol. The van der Waals surface area contributed by atoms with E-state index in [0.717, 1.165) is 36.7 Å². The van der Waals surface area contributed by atoms with Crippen LogP contribution in [0.3, 0.4) is 0 Å². The molecule has 0 saturated carbocycles. The van der Waals surface area contributed by atoms with Crippen LogP contribution in [-0.2, 0) is 4.79 Å². The number of piperidine rings is 1. The van der Waals surface area contributed by atoms with Crippen LogP contribution in [-0.4, -0.2) is 23.5 Å². The topological polar surface area (TPSA) is 54.0 Å². The fourth-order valence-corrected chi connectivity index (χ4v) is 2.75. The summed E-state index contributed by atoms with van der Waals surface area (Å²) in [5, 5.41) is 7.69. The number of benzene rings is 1. The van der Waals surface area contributed by atoms with Crippen LogP contribution in [0, 0.1) is 0 Å². The lowest BCUT2D eigenvalue weighted by molar-refractivity contribution is -0.118. The Bertz CT molecular complexity index is 638. The minimum atomic E-state index is -0.113. The predicted molar refractivity (Wildman–Crippen MR) is 81.0 cm³/mol. The summed E-state index contributed by atoms with van der Waals surface area (Å²) in [7, 11) is 0. The van der Waals surface area contributed by atoms with Crippen LogP contribution < -0.4 is 10.6 Å². The Hall–Kier alpha value is -1.65. The van der Waals surface area contributed by atoms with Crippen molar-refractivity contribution in [2.24, 2.45) is 0 Å². The number of halogens is 1. The second-order valence-corrected chi connectivity index (χ2v) is 5.39. The molecule has 1 aliphatic heterocycles. The van der Waals surface area contributed by atoms with Crippen molar-refractivity contribution in [1.29, 1.82) is 0 Å². The summed E-state index contributed by atoms with van der Waals surface area (Å²) in [5.74, 6) is -0.000949. The molecule has 1 aromatic heterocycles. The van der Waals surface area contributed by atoms with Crippen LogP contribution in [0.1, 0.15) is 19.3 Å². The van der Waals surface area contributed by atoms with E-state index in [-0.39, 0.29) is 11.9 Å². The molecule has 1 fully saturated rings. The maximum Gasteiger partial charge on any atom is 0.241 e. The van der Waals surface area contributed by atoms with Crippen LogP contribution in [0.25, 0.3) is 10.9 Å². The Balaban J connectivity index is 1.87. The highest BCUT2D eigenvalue weighted by Gasteiger charge is 2.21. The van der Waals surface area contributed by atoms with Gasteiger partial charge in [-0.05, 0) is 43.7 Å². The van der Waals surface area contributed by atoms with Crippen LogP contribution in [0.4, 0.5) is 5.69 Å². The summed E-state index contributed by atoms with van der Waals surface area (Å²) in [6, 6.07) is 7.22. The van der Waals surface area contributed by atoms with Gasteiger partial charge in [0.15, 0.2) is 0 Å². The van der Waals surface area contributed by atoms with E-state index in [1.807, 2.05) is 12.1 Å². The van der Waals surface area contributed by atoms with Crippen LogP contribution in [0.15, 0.2) is 30.5 Å². The molecule has 1 aromatic carbocycles. The smallest absolute Gasteiger partial charge is 0.241 e. The van der Waals surface area contributed by atoms with Crippen LogP contribution in [0.2, 0.25) is 5.02 Å². The van der Waals surface area contributed by atoms with Gasteiger partial charge in [0.1, 0.15) is 0 Å². The molecule has 104 valence electrons. The van der Waals surface area contributed by atoms with Crippen molar-refractivity contribution in [2.45, 2.75) is 25.3 Å². The molecule has 0 bridgehead atoms. The van der Waals surface area contributed by atoms with E-state index in [1.165, 1.54) is 0 Å². The average Bonchev–Trinajstić information content (AvgIpc) is 2.51. The number of hydrogen-bond donors (Lipinski definition) is 2. The molecule has 3 rings (SSSR count). The lowest BCUT2D eigenvalue weighted by atomic mass is 10.0. The maximum absolute atomic E-state index is 12.3. The molecule has 5 heteroatoms. The first-order valence-electron chi connectivity index (χ1n) is 6.83. The minimum absolute atomic E-state index is 0.000949. The maximum atomic E-state index is 12.3. The van der Waals surface area contributed by atoms with Crippen molar-refractivity contribution in [3.8, 4) is 0 Å². The highest BCUT2D eigenvalue weighted by molar-refractivity contribution is 6.35. The van der Waals surface area contributed by atoms with E-state index >= 15 is 0 Å². The molecule has 0 spiro atoms. The van der Waals surface area contributed by atoms with Crippen LogP contribution >= 0.6 is 11.6 Å². The van der Waals surface area contributed by atoms with Gasteiger partial charge in [-0.25, -0.2) is 0 Å². The second kappa shape index (κ2) is 5.77. The van der Waals surface area contributed by atoms with E-state index in [1.54, 1.807) is 18.3 Å².